The standard InChI is InChI=1S/C16H23N3/c1-11-4-5-12(2)16-15(11)13(6-7-17)14-10-18(3)8-9-19(14)16/h4-5H,6-10,17H2,1-3H3. The van der Waals surface area contributed by atoms with Crippen molar-refractivity contribution in [3.05, 3.63) is 34.5 Å². The Morgan fingerprint density at radius 2 is 1.89 bits per heavy atom. The van der Waals surface area contributed by atoms with Gasteiger partial charge >= 0.3 is 0 Å². The highest BCUT2D eigenvalue weighted by Gasteiger charge is 2.23. The van der Waals surface area contributed by atoms with Crippen LogP contribution in [0.15, 0.2) is 12.1 Å². The number of fused-ring (bicyclic) bond motifs is 3. The number of aryl methyl sites for hydroxylation is 2. The van der Waals surface area contributed by atoms with Crippen LogP contribution in [0, 0.1) is 13.8 Å². The van der Waals surface area contributed by atoms with Crippen molar-refractivity contribution < 1.29 is 0 Å². The van der Waals surface area contributed by atoms with Gasteiger partial charge in [0, 0.05) is 30.7 Å². The SMILES string of the molecule is Cc1ccc(C)c2c1c(CCN)c1n2CCN(C)C1. The van der Waals surface area contributed by atoms with E-state index >= 15 is 0 Å². The Labute approximate surface area is 115 Å². The van der Waals surface area contributed by atoms with Crippen molar-refractivity contribution in [3.63, 3.8) is 0 Å². The highest BCUT2D eigenvalue weighted by atomic mass is 15.2. The van der Waals surface area contributed by atoms with E-state index in [1.807, 2.05) is 0 Å². The quantitative estimate of drug-likeness (QED) is 0.895. The van der Waals surface area contributed by atoms with Crippen LogP contribution in [-0.2, 0) is 19.5 Å². The highest BCUT2D eigenvalue weighted by molar-refractivity contribution is 5.91. The van der Waals surface area contributed by atoms with E-state index in [-0.39, 0.29) is 0 Å². The Morgan fingerprint density at radius 3 is 2.63 bits per heavy atom. The zero-order valence-corrected chi connectivity index (χ0v) is 12.2. The topological polar surface area (TPSA) is 34.2 Å². The maximum absolute atomic E-state index is 5.84. The van der Waals surface area contributed by atoms with Crippen molar-refractivity contribution in [2.75, 3.05) is 20.1 Å². The highest BCUT2D eigenvalue weighted by Crippen LogP contribution is 2.33. The van der Waals surface area contributed by atoms with Crippen LogP contribution in [0.2, 0.25) is 0 Å². The summed E-state index contributed by atoms with van der Waals surface area (Å²) in [5, 5.41) is 1.45. The summed E-state index contributed by atoms with van der Waals surface area (Å²) < 4.78 is 2.53. The third kappa shape index (κ3) is 1.88. The Balaban J connectivity index is 2.36. The van der Waals surface area contributed by atoms with E-state index in [1.165, 1.54) is 33.3 Å². The molecule has 1 aromatic carbocycles. The molecule has 0 atom stereocenters. The number of likely N-dealkylation sites (N-methyl/N-ethyl adjacent to an activating group) is 1. The summed E-state index contributed by atoms with van der Waals surface area (Å²) in [4.78, 5) is 2.40. The Hall–Kier alpha value is -1.32. The van der Waals surface area contributed by atoms with Gasteiger partial charge in [-0.3, -0.25) is 4.90 Å². The van der Waals surface area contributed by atoms with Crippen molar-refractivity contribution in [1.29, 1.82) is 0 Å². The Kier molecular flexibility index (Phi) is 3.11. The minimum Gasteiger partial charge on any atom is -0.342 e. The molecule has 0 aliphatic carbocycles. The van der Waals surface area contributed by atoms with Gasteiger partial charge in [-0.15, -0.1) is 0 Å². The predicted octanol–water partition coefficient (Wildman–Crippen LogP) is 2.20. The van der Waals surface area contributed by atoms with Crippen LogP contribution in [0.25, 0.3) is 10.9 Å². The van der Waals surface area contributed by atoms with E-state index in [9.17, 15) is 0 Å². The molecule has 2 aromatic rings. The van der Waals surface area contributed by atoms with Gasteiger partial charge in [-0.2, -0.15) is 0 Å². The predicted molar refractivity (Wildman–Crippen MR) is 80.5 cm³/mol. The maximum atomic E-state index is 5.84. The fourth-order valence-corrected chi connectivity index (χ4v) is 3.41. The molecule has 3 nitrogen and oxygen atoms in total. The summed E-state index contributed by atoms with van der Waals surface area (Å²) in [6, 6.07) is 4.49. The average Bonchev–Trinajstić information content (AvgIpc) is 2.70. The summed E-state index contributed by atoms with van der Waals surface area (Å²) in [5.41, 5.74) is 13.0. The molecule has 0 radical (unpaired) electrons. The van der Waals surface area contributed by atoms with Gasteiger partial charge in [-0.25, -0.2) is 0 Å². The maximum Gasteiger partial charge on any atom is 0.0518 e. The molecule has 1 aliphatic heterocycles. The normalized spacial score (nSPS) is 16.0. The van der Waals surface area contributed by atoms with Crippen LogP contribution in [0.4, 0.5) is 0 Å². The summed E-state index contributed by atoms with van der Waals surface area (Å²) in [5.74, 6) is 0. The summed E-state index contributed by atoms with van der Waals surface area (Å²) in [6.45, 7) is 8.44. The fraction of sp³-hybridized carbons (Fsp3) is 0.500. The van der Waals surface area contributed by atoms with E-state index < -0.39 is 0 Å². The molecule has 3 rings (SSSR count). The van der Waals surface area contributed by atoms with E-state index in [2.05, 4.69) is 42.5 Å². The average molecular weight is 257 g/mol. The smallest absolute Gasteiger partial charge is 0.0518 e. The molecule has 0 bridgehead atoms. The van der Waals surface area contributed by atoms with E-state index in [0.29, 0.717) is 0 Å². The van der Waals surface area contributed by atoms with Crippen molar-refractivity contribution >= 4 is 10.9 Å². The van der Waals surface area contributed by atoms with Gasteiger partial charge in [-0.05, 0) is 50.6 Å². The first-order valence-corrected chi connectivity index (χ1v) is 7.12. The molecule has 0 saturated carbocycles. The van der Waals surface area contributed by atoms with Gasteiger partial charge in [0.15, 0.2) is 0 Å². The molecule has 0 spiro atoms. The van der Waals surface area contributed by atoms with Gasteiger partial charge in [0.25, 0.3) is 0 Å². The van der Waals surface area contributed by atoms with E-state index in [0.717, 1.165) is 32.6 Å². The lowest BCUT2D eigenvalue weighted by Gasteiger charge is -2.26. The van der Waals surface area contributed by atoms with Crippen molar-refractivity contribution in [2.45, 2.75) is 33.4 Å². The van der Waals surface area contributed by atoms with Crippen molar-refractivity contribution in [2.24, 2.45) is 5.73 Å². The van der Waals surface area contributed by atoms with Crippen LogP contribution in [0.1, 0.15) is 22.4 Å². The Bertz CT molecular complexity index is 625. The van der Waals surface area contributed by atoms with Crippen LogP contribution >= 0.6 is 0 Å². The van der Waals surface area contributed by atoms with Gasteiger partial charge < -0.3 is 10.3 Å². The molecule has 0 unspecified atom stereocenters. The molecule has 0 saturated heterocycles. The summed E-state index contributed by atoms with van der Waals surface area (Å²) >= 11 is 0. The van der Waals surface area contributed by atoms with Crippen LogP contribution in [-0.4, -0.2) is 29.6 Å². The lowest BCUT2D eigenvalue weighted by molar-refractivity contribution is 0.271. The minimum absolute atomic E-state index is 0.725. The number of benzene rings is 1. The van der Waals surface area contributed by atoms with Crippen LogP contribution in [0.5, 0.6) is 0 Å². The molecule has 2 heterocycles. The van der Waals surface area contributed by atoms with E-state index in [4.69, 9.17) is 5.73 Å². The van der Waals surface area contributed by atoms with E-state index in [1.54, 1.807) is 0 Å². The second-order valence-electron chi connectivity index (χ2n) is 5.78. The molecular formula is C16H23N3. The van der Waals surface area contributed by atoms with Crippen molar-refractivity contribution in [3.8, 4) is 0 Å². The second-order valence-corrected chi connectivity index (χ2v) is 5.78. The molecule has 0 amide bonds. The molecule has 19 heavy (non-hydrogen) atoms. The van der Waals surface area contributed by atoms with Gasteiger partial charge in [0.2, 0.25) is 0 Å². The number of hydrogen-bond donors (Lipinski definition) is 1. The molecule has 102 valence electrons. The first-order chi connectivity index (χ1) is 9.13. The number of aromatic nitrogens is 1. The van der Waals surface area contributed by atoms with Gasteiger partial charge in [-0.1, -0.05) is 12.1 Å². The molecule has 3 heteroatoms. The summed E-state index contributed by atoms with van der Waals surface area (Å²) in [7, 11) is 2.20. The molecular weight excluding hydrogens is 234 g/mol. The lowest BCUT2D eigenvalue weighted by Crippen LogP contribution is -2.30. The minimum atomic E-state index is 0.725. The number of nitrogens with two attached hydrogens (primary N) is 1. The molecule has 2 N–H and O–H groups in total. The summed E-state index contributed by atoms with van der Waals surface area (Å²) in [6.07, 6.45) is 0.983. The fourth-order valence-electron chi connectivity index (χ4n) is 3.41. The monoisotopic (exact) mass is 257 g/mol. The first-order valence-electron chi connectivity index (χ1n) is 7.12. The largest absolute Gasteiger partial charge is 0.342 e. The van der Waals surface area contributed by atoms with Crippen molar-refractivity contribution in [1.82, 2.24) is 9.47 Å². The second kappa shape index (κ2) is 4.66. The molecule has 1 aromatic heterocycles. The lowest BCUT2D eigenvalue weighted by atomic mass is 10.0. The van der Waals surface area contributed by atoms with Crippen LogP contribution < -0.4 is 5.73 Å². The van der Waals surface area contributed by atoms with Gasteiger partial charge in [0.05, 0.1) is 5.52 Å². The zero-order chi connectivity index (χ0) is 13.6. The zero-order valence-electron chi connectivity index (χ0n) is 12.2. The Morgan fingerprint density at radius 1 is 1.16 bits per heavy atom. The molecule has 0 fully saturated rings. The van der Waals surface area contributed by atoms with Crippen LogP contribution in [0.3, 0.4) is 0 Å². The number of hydrogen-bond acceptors (Lipinski definition) is 2. The molecule has 1 aliphatic rings. The number of nitrogens with zero attached hydrogens (tertiary/aromatic N) is 2. The third-order valence-electron chi connectivity index (χ3n) is 4.35. The first kappa shape index (κ1) is 12.7. The third-order valence-corrected chi connectivity index (χ3v) is 4.35. The number of rotatable bonds is 2. The van der Waals surface area contributed by atoms with Gasteiger partial charge in [0.1, 0.15) is 0 Å².